The molecule has 3 aromatic rings. The summed E-state index contributed by atoms with van der Waals surface area (Å²) >= 11 is 0. The number of piperidine rings is 1. The zero-order valence-electron chi connectivity index (χ0n) is 19.1. The van der Waals surface area contributed by atoms with Gasteiger partial charge in [0.1, 0.15) is 12.4 Å². The summed E-state index contributed by atoms with van der Waals surface area (Å²) in [5, 5.41) is 0. The van der Waals surface area contributed by atoms with Crippen LogP contribution < -0.4 is 0 Å². The van der Waals surface area contributed by atoms with Gasteiger partial charge in [0.2, 0.25) is 0 Å². The van der Waals surface area contributed by atoms with E-state index in [4.69, 9.17) is 4.74 Å². The summed E-state index contributed by atoms with van der Waals surface area (Å²) in [4.78, 5) is 32.2. The van der Waals surface area contributed by atoms with Crippen molar-refractivity contribution in [2.45, 2.75) is 50.1 Å². The Morgan fingerprint density at radius 2 is 1.53 bits per heavy atom. The highest BCUT2D eigenvalue weighted by Crippen LogP contribution is 2.45. The number of carbonyl (C=O) groups is 2. The number of rotatable bonds is 5. The predicted octanol–water partition coefficient (Wildman–Crippen LogP) is 5.39. The Bertz CT molecular complexity index is 1170. The van der Waals surface area contributed by atoms with Crippen LogP contribution in [0.3, 0.4) is 0 Å². The molecule has 6 rings (SSSR count). The molecule has 2 atom stereocenters. The van der Waals surface area contributed by atoms with Gasteiger partial charge < -0.3 is 9.64 Å². The van der Waals surface area contributed by atoms with Gasteiger partial charge in [-0.05, 0) is 59.6 Å². The van der Waals surface area contributed by atoms with Gasteiger partial charge in [-0.1, -0.05) is 54.6 Å². The minimum atomic E-state index is -0.229. The number of nitrogens with zero attached hydrogens (tertiary/aromatic N) is 2. The molecule has 3 heterocycles. The fraction of sp³-hybridized carbons (Fsp3) is 0.345. The third kappa shape index (κ3) is 3.69. The summed E-state index contributed by atoms with van der Waals surface area (Å²) < 4.78 is 5.95. The molecule has 2 aliphatic heterocycles. The number of carbonyl (C=O) groups excluding carboxylic acids is 2. The largest absolute Gasteiger partial charge is 0.448 e. The van der Waals surface area contributed by atoms with Gasteiger partial charge in [0.05, 0.1) is 0 Å². The van der Waals surface area contributed by atoms with Crippen molar-refractivity contribution in [2.75, 3.05) is 6.61 Å². The van der Waals surface area contributed by atoms with Crippen LogP contribution in [-0.4, -0.2) is 40.5 Å². The third-order valence-corrected chi connectivity index (χ3v) is 7.84. The molecule has 1 aromatic heterocycles. The molecular formula is C29H28N2O3. The van der Waals surface area contributed by atoms with E-state index in [1.54, 1.807) is 12.4 Å². The van der Waals surface area contributed by atoms with Crippen molar-refractivity contribution in [3.8, 4) is 11.1 Å². The van der Waals surface area contributed by atoms with E-state index >= 15 is 0 Å². The average Bonchev–Trinajstić information content (AvgIpc) is 3.33. The Morgan fingerprint density at radius 1 is 0.882 bits per heavy atom. The van der Waals surface area contributed by atoms with Gasteiger partial charge >= 0.3 is 6.09 Å². The lowest BCUT2D eigenvalue weighted by Gasteiger charge is -2.37. The smallest absolute Gasteiger partial charge is 0.410 e. The topological polar surface area (TPSA) is 59.5 Å². The second kappa shape index (κ2) is 8.71. The van der Waals surface area contributed by atoms with Crippen LogP contribution in [0.1, 0.15) is 48.3 Å². The number of benzene rings is 2. The zero-order valence-corrected chi connectivity index (χ0v) is 19.1. The first-order valence-corrected chi connectivity index (χ1v) is 12.2. The number of hydrogen-bond donors (Lipinski definition) is 0. The molecule has 0 radical (unpaired) electrons. The normalized spacial score (nSPS) is 22.8. The number of amides is 1. The lowest BCUT2D eigenvalue weighted by molar-refractivity contribution is -0.124. The molecule has 2 saturated heterocycles. The Morgan fingerprint density at radius 3 is 2.15 bits per heavy atom. The fourth-order valence-corrected chi connectivity index (χ4v) is 6.25. The molecule has 2 bridgehead atoms. The monoisotopic (exact) mass is 452 g/mol. The van der Waals surface area contributed by atoms with Gasteiger partial charge in [-0.2, -0.15) is 0 Å². The third-order valence-electron chi connectivity index (χ3n) is 7.84. The van der Waals surface area contributed by atoms with Crippen molar-refractivity contribution in [3.63, 3.8) is 0 Å². The van der Waals surface area contributed by atoms with E-state index in [2.05, 4.69) is 41.4 Å². The van der Waals surface area contributed by atoms with Gasteiger partial charge in [0, 0.05) is 42.7 Å². The number of aromatic nitrogens is 1. The Hall–Kier alpha value is -3.47. The van der Waals surface area contributed by atoms with E-state index in [-0.39, 0.29) is 35.8 Å². The molecule has 5 nitrogen and oxygen atoms in total. The van der Waals surface area contributed by atoms with Crippen molar-refractivity contribution in [2.24, 2.45) is 5.92 Å². The standard InChI is InChI=1S/C29H28N2O3/c32-28(14-19-6-5-13-30-17-19)20-15-21-11-12-22(16-20)31(21)29(33)34-18-27-25-9-3-1-7-23(25)24-8-2-4-10-26(24)27/h1-10,13,17,20-22,27H,11-12,14-16,18H2. The SMILES string of the molecule is O=C(Cc1cccnc1)C1CC2CCC(C1)N2C(=O)OCC1c2ccccc2-c2ccccc21. The van der Waals surface area contributed by atoms with E-state index in [9.17, 15) is 9.59 Å². The van der Waals surface area contributed by atoms with Crippen LogP contribution in [-0.2, 0) is 16.0 Å². The summed E-state index contributed by atoms with van der Waals surface area (Å²) in [6.45, 7) is 0.339. The van der Waals surface area contributed by atoms with Crippen molar-refractivity contribution in [1.82, 2.24) is 9.88 Å². The Balaban J connectivity index is 1.12. The number of hydrogen-bond acceptors (Lipinski definition) is 4. The second-order valence-corrected chi connectivity index (χ2v) is 9.77. The Labute approximate surface area is 199 Å². The lowest BCUT2D eigenvalue weighted by Crippen LogP contribution is -2.48. The van der Waals surface area contributed by atoms with Crippen LogP contribution in [0.5, 0.6) is 0 Å². The maximum absolute atomic E-state index is 13.2. The molecule has 5 heteroatoms. The minimum Gasteiger partial charge on any atom is -0.448 e. The fourth-order valence-electron chi connectivity index (χ4n) is 6.25. The van der Waals surface area contributed by atoms with Crippen LogP contribution in [0.15, 0.2) is 73.1 Å². The number of fused-ring (bicyclic) bond motifs is 5. The molecule has 34 heavy (non-hydrogen) atoms. The van der Waals surface area contributed by atoms with Crippen molar-refractivity contribution < 1.29 is 14.3 Å². The first kappa shape index (κ1) is 21.1. The van der Waals surface area contributed by atoms with Gasteiger partial charge in [0.15, 0.2) is 0 Å². The first-order valence-electron chi connectivity index (χ1n) is 12.2. The predicted molar refractivity (Wildman–Crippen MR) is 129 cm³/mol. The van der Waals surface area contributed by atoms with E-state index in [1.165, 1.54) is 22.3 Å². The van der Waals surface area contributed by atoms with E-state index in [0.29, 0.717) is 13.0 Å². The quantitative estimate of drug-likeness (QED) is 0.521. The van der Waals surface area contributed by atoms with E-state index in [1.807, 2.05) is 29.2 Å². The molecule has 0 spiro atoms. The van der Waals surface area contributed by atoms with Gasteiger partial charge in [0.25, 0.3) is 0 Å². The summed E-state index contributed by atoms with van der Waals surface area (Å²) in [5.41, 5.74) is 5.86. The molecule has 2 fully saturated rings. The molecule has 2 aromatic carbocycles. The van der Waals surface area contributed by atoms with Crippen LogP contribution in [0.2, 0.25) is 0 Å². The summed E-state index contributed by atoms with van der Waals surface area (Å²) in [6, 6.07) is 20.8. The minimum absolute atomic E-state index is 0.00958. The van der Waals surface area contributed by atoms with Crippen LogP contribution >= 0.6 is 0 Å². The number of ether oxygens (including phenoxy) is 1. The van der Waals surface area contributed by atoms with Crippen LogP contribution in [0.25, 0.3) is 11.1 Å². The number of Topliss-reactive ketones (excluding diaryl/α,β-unsaturated/α-hetero) is 1. The summed E-state index contributed by atoms with van der Waals surface area (Å²) in [6.07, 6.45) is 7.05. The van der Waals surface area contributed by atoms with Gasteiger partial charge in [-0.15, -0.1) is 0 Å². The Kier molecular flexibility index (Phi) is 5.40. The maximum atomic E-state index is 13.2. The van der Waals surface area contributed by atoms with Crippen LogP contribution in [0, 0.1) is 5.92 Å². The molecule has 1 aliphatic carbocycles. The first-order chi connectivity index (χ1) is 16.7. The van der Waals surface area contributed by atoms with Crippen molar-refractivity contribution in [1.29, 1.82) is 0 Å². The average molecular weight is 453 g/mol. The maximum Gasteiger partial charge on any atom is 0.410 e. The number of ketones is 1. The molecule has 0 N–H and O–H groups in total. The van der Waals surface area contributed by atoms with Crippen LogP contribution in [0.4, 0.5) is 4.79 Å². The lowest BCUT2D eigenvalue weighted by atomic mass is 9.85. The molecule has 1 amide bonds. The molecule has 0 saturated carbocycles. The highest BCUT2D eigenvalue weighted by Gasteiger charge is 2.46. The van der Waals surface area contributed by atoms with E-state index in [0.717, 1.165) is 31.2 Å². The number of pyridine rings is 1. The zero-order chi connectivity index (χ0) is 23.1. The summed E-state index contributed by atoms with van der Waals surface area (Å²) in [7, 11) is 0. The molecule has 3 aliphatic rings. The van der Waals surface area contributed by atoms with Gasteiger partial charge in [-0.25, -0.2) is 4.79 Å². The van der Waals surface area contributed by atoms with Crippen molar-refractivity contribution >= 4 is 11.9 Å². The molecule has 172 valence electrons. The molecule has 2 unspecified atom stereocenters. The highest BCUT2D eigenvalue weighted by atomic mass is 16.6. The molecular weight excluding hydrogens is 424 g/mol. The second-order valence-electron chi connectivity index (χ2n) is 9.77. The van der Waals surface area contributed by atoms with Crippen molar-refractivity contribution in [3.05, 3.63) is 89.7 Å². The van der Waals surface area contributed by atoms with E-state index < -0.39 is 0 Å². The highest BCUT2D eigenvalue weighted by molar-refractivity contribution is 5.84. The van der Waals surface area contributed by atoms with Gasteiger partial charge in [-0.3, -0.25) is 9.78 Å². The summed E-state index contributed by atoms with van der Waals surface area (Å²) in [5.74, 6) is 0.333.